The minimum atomic E-state index is -1.24. The number of carbonyl (C=O) groups excluding carboxylic acids is 2. The second-order valence-electron chi connectivity index (χ2n) is 7.69. The summed E-state index contributed by atoms with van der Waals surface area (Å²) in [5, 5.41) is 24.4. The van der Waals surface area contributed by atoms with E-state index in [2.05, 4.69) is 30.3 Å². The average molecular weight is 507 g/mol. The predicted octanol–water partition coefficient (Wildman–Crippen LogP) is 2.74. The molecule has 1 aliphatic rings. The lowest BCUT2D eigenvalue weighted by Gasteiger charge is -2.18. The molecule has 2 amide bonds. The maximum Gasteiger partial charge on any atom is 0.339 e. The first kappa shape index (κ1) is 23.0. The van der Waals surface area contributed by atoms with Gasteiger partial charge < -0.3 is 35.3 Å². The molecule has 0 radical (unpaired) electrons. The van der Waals surface area contributed by atoms with Crippen molar-refractivity contribution in [2.24, 2.45) is 0 Å². The maximum absolute atomic E-state index is 12.9. The van der Waals surface area contributed by atoms with E-state index < -0.39 is 11.9 Å². The van der Waals surface area contributed by atoms with Crippen LogP contribution in [0.4, 0.5) is 11.4 Å². The molecule has 2 aromatic heterocycles. The fraction of sp³-hybridized carbons (Fsp3) is 0.0870. The largest absolute Gasteiger partial charge is 0.507 e. The van der Waals surface area contributed by atoms with E-state index in [-0.39, 0.29) is 36.1 Å². The van der Waals surface area contributed by atoms with Gasteiger partial charge in [-0.2, -0.15) is 0 Å². The van der Waals surface area contributed by atoms with Crippen LogP contribution in [0.2, 0.25) is 0 Å². The lowest BCUT2D eigenvalue weighted by molar-refractivity contribution is -0.118. The fourth-order valence-corrected chi connectivity index (χ4v) is 4.26. The first-order valence-corrected chi connectivity index (χ1v) is 11.4. The molecule has 13 heteroatoms. The third-order valence-electron chi connectivity index (χ3n) is 5.29. The molecule has 0 unspecified atom stereocenters. The highest BCUT2D eigenvalue weighted by Crippen LogP contribution is 2.30. The highest BCUT2D eigenvalue weighted by atomic mass is 32.2. The van der Waals surface area contributed by atoms with Crippen molar-refractivity contribution >= 4 is 52.1 Å². The first-order valence-electron chi connectivity index (χ1n) is 10.5. The number of hydrogen-bond acceptors (Lipinski definition) is 9. The molecular weight excluding hydrogens is 488 g/mol. The van der Waals surface area contributed by atoms with Crippen molar-refractivity contribution in [1.29, 1.82) is 0 Å². The summed E-state index contributed by atoms with van der Waals surface area (Å²) in [7, 11) is 0. The molecule has 0 saturated carbocycles. The standard InChI is InChI=1S/C23H18N6O6S/c30-16-3-2-12(6-13(16)23(33)34)36-29-15-8-24-20-19(15)26-10-27-21(20)22(32)25-7-11-1-4-17-14(5-11)28-18(31)9-35-17/h1-6,8,10,24,29-30H,7,9H2,(H,25,32)(H,28,31)(H,33,34). The Hall–Kier alpha value is -4.78. The number of rotatable bonds is 7. The van der Waals surface area contributed by atoms with Crippen molar-refractivity contribution < 1.29 is 29.3 Å². The number of benzene rings is 2. The Balaban J connectivity index is 1.29. The molecule has 0 fully saturated rings. The Morgan fingerprint density at radius 2 is 2.03 bits per heavy atom. The van der Waals surface area contributed by atoms with Gasteiger partial charge in [-0.15, -0.1) is 0 Å². The summed E-state index contributed by atoms with van der Waals surface area (Å²) in [6.07, 6.45) is 2.89. The topological polar surface area (TPSA) is 179 Å². The van der Waals surface area contributed by atoms with E-state index in [0.29, 0.717) is 33.1 Å². The monoisotopic (exact) mass is 506 g/mol. The van der Waals surface area contributed by atoms with Crippen molar-refractivity contribution in [3.05, 3.63) is 65.7 Å². The molecule has 0 bridgehead atoms. The number of carboxylic acids is 1. The molecule has 0 atom stereocenters. The number of H-pyrrole nitrogens is 1. The van der Waals surface area contributed by atoms with Crippen LogP contribution in [0.15, 0.2) is 53.8 Å². The Morgan fingerprint density at radius 1 is 1.17 bits per heavy atom. The molecule has 3 heterocycles. The van der Waals surface area contributed by atoms with Crippen molar-refractivity contribution in [3.63, 3.8) is 0 Å². The normalized spacial score (nSPS) is 12.4. The number of aromatic carboxylic acids is 1. The highest BCUT2D eigenvalue weighted by molar-refractivity contribution is 8.00. The number of anilines is 2. The van der Waals surface area contributed by atoms with Crippen LogP contribution in [0.3, 0.4) is 0 Å². The van der Waals surface area contributed by atoms with E-state index in [4.69, 9.17) is 4.74 Å². The SMILES string of the molecule is O=C1COc2ccc(CNC(=O)c3ncnc4c(NSc5ccc(O)c(C(=O)O)c5)c[nH]c34)cc2N1. The van der Waals surface area contributed by atoms with E-state index in [1.54, 1.807) is 30.5 Å². The third kappa shape index (κ3) is 4.59. The second kappa shape index (κ2) is 9.46. The van der Waals surface area contributed by atoms with Gasteiger partial charge in [0.1, 0.15) is 28.9 Å². The number of nitrogens with one attached hydrogen (secondary N) is 4. The van der Waals surface area contributed by atoms with E-state index in [1.165, 1.54) is 18.5 Å². The summed E-state index contributed by atoms with van der Waals surface area (Å²) in [6.45, 7) is 0.165. The molecule has 0 aliphatic carbocycles. The molecule has 182 valence electrons. The van der Waals surface area contributed by atoms with Gasteiger partial charge in [-0.25, -0.2) is 14.8 Å². The molecule has 36 heavy (non-hydrogen) atoms. The lowest BCUT2D eigenvalue weighted by Crippen LogP contribution is -2.26. The Bertz CT molecular complexity index is 1520. The quantitative estimate of drug-likeness (QED) is 0.204. The molecular formula is C23H18N6O6S. The summed E-state index contributed by atoms with van der Waals surface area (Å²) in [5.74, 6) is -1.66. The minimum Gasteiger partial charge on any atom is -0.507 e. The number of ether oxygens (including phenoxy) is 1. The molecule has 12 nitrogen and oxygen atoms in total. The molecule has 0 saturated heterocycles. The predicted molar refractivity (Wildman–Crippen MR) is 130 cm³/mol. The summed E-state index contributed by atoms with van der Waals surface area (Å²) in [6, 6.07) is 9.47. The number of hydrogen-bond donors (Lipinski definition) is 6. The highest BCUT2D eigenvalue weighted by Gasteiger charge is 2.19. The molecule has 2 aromatic carbocycles. The number of fused-ring (bicyclic) bond motifs is 2. The number of phenols is 1. The van der Waals surface area contributed by atoms with Crippen LogP contribution in [0.5, 0.6) is 11.5 Å². The van der Waals surface area contributed by atoms with Gasteiger partial charge in [0.25, 0.3) is 11.8 Å². The molecule has 1 aliphatic heterocycles. The summed E-state index contributed by atoms with van der Waals surface area (Å²) in [4.78, 5) is 47.5. The zero-order valence-electron chi connectivity index (χ0n) is 18.4. The van der Waals surface area contributed by atoms with Gasteiger partial charge in [-0.1, -0.05) is 6.07 Å². The van der Waals surface area contributed by atoms with E-state index in [9.17, 15) is 24.6 Å². The maximum atomic E-state index is 12.9. The zero-order valence-corrected chi connectivity index (χ0v) is 19.2. The van der Waals surface area contributed by atoms with Crippen LogP contribution in [0.1, 0.15) is 26.4 Å². The third-order valence-corrected chi connectivity index (χ3v) is 6.10. The van der Waals surface area contributed by atoms with Gasteiger partial charge in [0.05, 0.1) is 16.9 Å². The van der Waals surface area contributed by atoms with Crippen molar-refractivity contribution in [1.82, 2.24) is 20.3 Å². The molecule has 4 aromatic rings. The summed E-state index contributed by atoms with van der Waals surface area (Å²) < 4.78 is 8.41. The van der Waals surface area contributed by atoms with Crippen molar-refractivity contribution in [2.75, 3.05) is 16.6 Å². The van der Waals surface area contributed by atoms with Gasteiger partial charge in [0.15, 0.2) is 12.3 Å². The fourth-order valence-electron chi connectivity index (χ4n) is 3.56. The van der Waals surface area contributed by atoms with Crippen LogP contribution in [0, 0.1) is 0 Å². The Kier molecular flexibility index (Phi) is 6.04. The number of aromatic amines is 1. The molecule has 6 N–H and O–H groups in total. The van der Waals surface area contributed by atoms with Crippen molar-refractivity contribution in [3.8, 4) is 11.5 Å². The van der Waals surface area contributed by atoms with Gasteiger partial charge in [0.2, 0.25) is 0 Å². The number of aromatic hydroxyl groups is 1. The van der Waals surface area contributed by atoms with Gasteiger partial charge in [-0.3, -0.25) is 9.59 Å². The minimum absolute atomic E-state index is 0.0311. The van der Waals surface area contributed by atoms with Gasteiger partial charge in [0, 0.05) is 17.6 Å². The summed E-state index contributed by atoms with van der Waals surface area (Å²) >= 11 is 1.12. The molecule has 0 spiro atoms. The van der Waals surface area contributed by atoms with Crippen LogP contribution < -0.4 is 20.1 Å². The summed E-state index contributed by atoms with van der Waals surface area (Å²) in [5.41, 5.74) is 2.68. The molecule has 5 rings (SSSR count). The average Bonchev–Trinajstić information content (AvgIpc) is 3.29. The van der Waals surface area contributed by atoms with Crippen molar-refractivity contribution in [2.45, 2.75) is 11.4 Å². The number of carboxylic acid groups (broad SMARTS) is 1. The zero-order chi connectivity index (χ0) is 25.2. The lowest BCUT2D eigenvalue weighted by atomic mass is 10.1. The Labute approximate surface area is 207 Å². The smallest absolute Gasteiger partial charge is 0.339 e. The van der Waals surface area contributed by atoms with Gasteiger partial charge in [-0.05, 0) is 47.8 Å². The van der Waals surface area contributed by atoms with Crippen LogP contribution >= 0.6 is 11.9 Å². The van der Waals surface area contributed by atoms with E-state index in [0.717, 1.165) is 17.5 Å². The van der Waals surface area contributed by atoms with E-state index in [1.807, 2.05) is 0 Å². The number of nitrogens with zero attached hydrogens (tertiary/aromatic N) is 2. The van der Waals surface area contributed by atoms with Crippen LogP contribution in [-0.2, 0) is 11.3 Å². The van der Waals surface area contributed by atoms with E-state index >= 15 is 0 Å². The van der Waals surface area contributed by atoms with Crippen LogP contribution in [-0.4, -0.2) is 49.6 Å². The number of carbonyl (C=O) groups is 3. The first-order chi connectivity index (χ1) is 17.4. The van der Waals surface area contributed by atoms with Gasteiger partial charge >= 0.3 is 5.97 Å². The number of aromatic nitrogens is 3. The Morgan fingerprint density at radius 3 is 2.86 bits per heavy atom. The second-order valence-corrected chi connectivity index (χ2v) is 8.57. The number of amides is 2. The van der Waals surface area contributed by atoms with Crippen LogP contribution in [0.25, 0.3) is 11.0 Å².